The second kappa shape index (κ2) is 9.14. The van der Waals surface area contributed by atoms with E-state index in [0.29, 0.717) is 23.2 Å². The number of anilines is 1. The van der Waals surface area contributed by atoms with Gasteiger partial charge in [-0.1, -0.05) is 18.2 Å². The first-order chi connectivity index (χ1) is 17.3. The molecule has 1 aliphatic rings. The number of aryl methyl sites for hydroxylation is 1. The molecule has 4 aromatic rings. The standard InChI is InChI=1S/C28H22N2O6/c1-17-13-24(18(2)29(17)15-21-9-6-12-35-21)25(31)16-36-28(34)19-7-5-8-20(14-19)30-26(32)22-10-3-4-11-23(22)27(30)33/h3-14H,15-16H2,1-2H3. The molecule has 0 N–H and O–H groups in total. The summed E-state index contributed by atoms with van der Waals surface area (Å²) in [4.78, 5) is 52.1. The number of amides is 2. The monoisotopic (exact) mass is 482 g/mol. The first-order valence-corrected chi connectivity index (χ1v) is 11.3. The van der Waals surface area contributed by atoms with E-state index in [2.05, 4.69) is 0 Å². The van der Waals surface area contributed by atoms with Gasteiger partial charge in [0, 0.05) is 17.0 Å². The molecule has 1 aliphatic heterocycles. The van der Waals surface area contributed by atoms with E-state index in [1.807, 2.05) is 24.5 Å². The minimum atomic E-state index is -0.730. The number of Topliss-reactive ketones (excluding diaryl/α,β-unsaturated/α-hetero) is 1. The van der Waals surface area contributed by atoms with Gasteiger partial charge in [0.25, 0.3) is 11.8 Å². The van der Waals surface area contributed by atoms with Gasteiger partial charge < -0.3 is 13.7 Å². The summed E-state index contributed by atoms with van der Waals surface area (Å²) in [6.07, 6.45) is 1.60. The van der Waals surface area contributed by atoms with Gasteiger partial charge in [0.1, 0.15) is 5.76 Å². The Hall–Kier alpha value is -4.72. The molecule has 2 aromatic carbocycles. The second-order valence-electron chi connectivity index (χ2n) is 8.49. The van der Waals surface area contributed by atoms with Crippen LogP contribution >= 0.6 is 0 Å². The summed E-state index contributed by atoms with van der Waals surface area (Å²) in [7, 11) is 0. The highest BCUT2D eigenvalue weighted by Crippen LogP contribution is 2.29. The molecule has 0 saturated carbocycles. The number of carbonyl (C=O) groups excluding carboxylic acids is 4. The highest BCUT2D eigenvalue weighted by Gasteiger charge is 2.36. The van der Waals surface area contributed by atoms with Crippen LogP contribution in [0.25, 0.3) is 0 Å². The Morgan fingerprint density at radius 2 is 1.61 bits per heavy atom. The number of fused-ring (bicyclic) bond motifs is 1. The molecule has 0 radical (unpaired) electrons. The molecule has 0 bridgehead atoms. The Morgan fingerprint density at radius 3 is 2.28 bits per heavy atom. The third kappa shape index (κ3) is 4.02. The van der Waals surface area contributed by atoms with Crippen LogP contribution < -0.4 is 4.90 Å². The van der Waals surface area contributed by atoms with Crippen molar-refractivity contribution in [3.8, 4) is 0 Å². The number of ether oxygens (including phenoxy) is 1. The minimum Gasteiger partial charge on any atom is -0.467 e. The molecular formula is C28H22N2O6. The van der Waals surface area contributed by atoms with Crippen molar-refractivity contribution in [1.29, 1.82) is 0 Å². The van der Waals surface area contributed by atoms with E-state index in [0.717, 1.165) is 22.0 Å². The van der Waals surface area contributed by atoms with Crippen molar-refractivity contribution >= 4 is 29.3 Å². The largest absolute Gasteiger partial charge is 0.467 e. The summed E-state index contributed by atoms with van der Waals surface area (Å²) in [6.45, 7) is 3.77. The van der Waals surface area contributed by atoms with Crippen molar-refractivity contribution in [1.82, 2.24) is 4.57 Å². The fourth-order valence-electron chi connectivity index (χ4n) is 4.37. The van der Waals surface area contributed by atoms with Gasteiger partial charge in [-0.05, 0) is 62.4 Å². The van der Waals surface area contributed by atoms with Crippen LogP contribution in [0.1, 0.15) is 58.6 Å². The molecule has 3 heterocycles. The van der Waals surface area contributed by atoms with Gasteiger partial charge in [0.15, 0.2) is 6.61 Å². The zero-order valence-corrected chi connectivity index (χ0v) is 19.7. The Bertz CT molecular complexity index is 1480. The molecule has 8 nitrogen and oxygen atoms in total. The summed E-state index contributed by atoms with van der Waals surface area (Å²) in [5.41, 5.74) is 3.09. The summed E-state index contributed by atoms with van der Waals surface area (Å²) in [5, 5.41) is 0. The number of benzene rings is 2. The van der Waals surface area contributed by atoms with Crippen LogP contribution in [0.2, 0.25) is 0 Å². The van der Waals surface area contributed by atoms with Crippen molar-refractivity contribution < 1.29 is 28.3 Å². The summed E-state index contributed by atoms with van der Waals surface area (Å²) >= 11 is 0. The molecule has 5 rings (SSSR count). The Kier molecular flexibility index (Phi) is 5.85. The summed E-state index contributed by atoms with van der Waals surface area (Å²) in [6, 6.07) is 18.0. The molecule has 2 amide bonds. The fraction of sp³-hybridized carbons (Fsp3) is 0.143. The number of imide groups is 1. The van der Waals surface area contributed by atoms with E-state index in [-0.39, 0.29) is 17.0 Å². The zero-order chi connectivity index (χ0) is 25.4. The number of esters is 1. The molecule has 2 aromatic heterocycles. The molecule has 36 heavy (non-hydrogen) atoms. The Morgan fingerprint density at radius 1 is 0.889 bits per heavy atom. The number of hydrogen-bond donors (Lipinski definition) is 0. The molecule has 180 valence electrons. The van der Waals surface area contributed by atoms with E-state index in [1.165, 1.54) is 12.1 Å². The van der Waals surface area contributed by atoms with Gasteiger partial charge in [-0.3, -0.25) is 14.4 Å². The van der Waals surface area contributed by atoms with Crippen LogP contribution in [0.15, 0.2) is 77.4 Å². The number of furan rings is 1. The number of rotatable bonds is 7. The van der Waals surface area contributed by atoms with Crippen LogP contribution in [-0.4, -0.2) is 34.7 Å². The van der Waals surface area contributed by atoms with E-state index in [1.54, 1.807) is 54.8 Å². The number of carbonyl (C=O) groups is 4. The average molecular weight is 482 g/mol. The normalized spacial score (nSPS) is 12.7. The molecule has 0 atom stereocenters. The van der Waals surface area contributed by atoms with Crippen molar-refractivity contribution in [3.63, 3.8) is 0 Å². The lowest BCUT2D eigenvalue weighted by Gasteiger charge is -2.14. The van der Waals surface area contributed by atoms with E-state index in [4.69, 9.17) is 9.15 Å². The van der Waals surface area contributed by atoms with Gasteiger partial charge in [0.05, 0.1) is 35.2 Å². The third-order valence-electron chi connectivity index (χ3n) is 6.24. The molecular weight excluding hydrogens is 460 g/mol. The maximum absolute atomic E-state index is 12.8. The smallest absolute Gasteiger partial charge is 0.338 e. The molecule has 0 aliphatic carbocycles. The second-order valence-corrected chi connectivity index (χ2v) is 8.49. The predicted molar refractivity (Wildman–Crippen MR) is 130 cm³/mol. The van der Waals surface area contributed by atoms with Gasteiger partial charge in [-0.25, -0.2) is 9.69 Å². The van der Waals surface area contributed by atoms with Crippen LogP contribution in [0, 0.1) is 13.8 Å². The SMILES string of the molecule is Cc1cc(C(=O)COC(=O)c2cccc(N3C(=O)c4ccccc4C3=O)c2)c(C)n1Cc1ccco1. The highest BCUT2D eigenvalue weighted by molar-refractivity contribution is 6.34. The number of nitrogens with zero attached hydrogens (tertiary/aromatic N) is 2. The molecule has 8 heteroatoms. The topological polar surface area (TPSA) is 98.8 Å². The maximum Gasteiger partial charge on any atom is 0.338 e. The first kappa shape index (κ1) is 23.0. The number of hydrogen-bond acceptors (Lipinski definition) is 6. The van der Waals surface area contributed by atoms with Crippen molar-refractivity contribution in [2.45, 2.75) is 20.4 Å². The Balaban J connectivity index is 1.28. The van der Waals surface area contributed by atoms with Gasteiger partial charge in [0.2, 0.25) is 5.78 Å². The molecule has 0 fully saturated rings. The first-order valence-electron chi connectivity index (χ1n) is 11.3. The van der Waals surface area contributed by atoms with Crippen molar-refractivity contribution in [3.05, 3.63) is 112 Å². The Labute approximate surface area is 206 Å². The highest BCUT2D eigenvalue weighted by atomic mass is 16.5. The lowest BCUT2D eigenvalue weighted by Crippen LogP contribution is -2.29. The van der Waals surface area contributed by atoms with Crippen molar-refractivity contribution in [2.24, 2.45) is 0 Å². The molecule has 0 spiro atoms. The summed E-state index contributed by atoms with van der Waals surface area (Å²) < 4.78 is 12.6. The van der Waals surface area contributed by atoms with Crippen LogP contribution in [-0.2, 0) is 11.3 Å². The lowest BCUT2D eigenvalue weighted by atomic mass is 10.1. The van der Waals surface area contributed by atoms with Gasteiger partial charge in [-0.2, -0.15) is 0 Å². The average Bonchev–Trinajstić information content (AvgIpc) is 3.57. The number of aromatic nitrogens is 1. The minimum absolute atomic E-state index is 0.125. The third-order valence-corrected chi connectivity index (χ3v) is 6.24. The van der Waals surface area contributed by atoms with Crippen molar-refractivity contribution in [2.75, 3.05) is 11.5 Å². The van der Waals surface area contributed by atoms with E-state index in [9.17, 15) is 19.2 Å². The quantitative estimate of drug-likeness (QED) is 0.217. The van der Waals surface area contributed by atoms with Crippen LogP contribution in [0.4, 0.5) is 5.69 Å². The van der Waals surface area contributed by atoms with E-state index >= 15 is 0 Å². The van der Waals surface area contributed by atoms with Gasteiger partial charge in [-0.15, -0.1) is 0 Å². The maximum atomic E-state index is 12.8. The lowest BCUT2D eigenvalue weighted by molar-refractivity contribution is 0.0474. The molecule has 0 saturated heterocycles. The van der Waals surface area contributed by atoms with Crippen LogP contribution in [0.5, 0.6) is 0 Å². The van der Waals surface area contributed by atoms with Crippen LogP contribution in [0.3, 0.4) is 0 Å². The number of ketones is 1. The fourth-order valence-corrected chi connectivity index (χ4v) is 4.37. The summed E-state index contributed by atoms with van der Waals surface area (Å²) in [5.74, 6) is -1.22. The zero-order valence-electron chi connectivity index (χ0n) is 19.7. The predicted octanol–water partition coefficient (Wildman–Crippen LogP) is 4.59. The van der Waals surface area contributed by atoms with Gasteiger partial charge >= 0.3 is 5.97 Å². The van der Waals surface area contributed by atoms with E-state index < -0.39 is 24.4 Å². The molecule has 0 unspecified atom stereocenters.